The third-order valence-corrected chi connectivity index (χ3v) is 5.02. The van der Waals surface area contributed by atoms with Gasteiger partial charge in [0, 0.05) is 13.6 Å². The molecule has 0 aliphatic carbocycles. The van der Waals surface area contributed by atoms with Gasteiger partial charge in [-0.1, -0.05) is 43.7 Å². The molecule has 0 saturated carbocycles. The molecule has 1 aromatic carbocycles. The zero-order valence-electron chi connectivity index (χ0n) is 14.7. The first-order chi connectivity index (χ1) is 12.5. The highest BCUT2D eigenvalue weighted by Crippen LogP contribution is 2.18. The minimum absolute atomic E-state index is 0.123. The van der Waals surface area contributed by atoms with Gasteiger partial charge in [-0.15, -0.1) is 0 Å². The Labute approximate surface area is 154 Å². The number of hydrogen-bond acceptors (Lipinski definition) is 5. The molecular weight excluding hydrogens is 352 g/mol. The number of hydrogen-bond donors (Lipinski definition) is 1. The van der Waals surface area contributed by atoms with Gasteiger partial charge in [0.25, 0.3) is 11.5 Å². The number of amides is 1. The number of carbonyl (C=O) groups is 1. The molecule has 3 aromatic rings. The van der Waals surface area contributed by atoms with Crippen LogP contribution in [-0.4, -0.2) is 38.3 Å². The van der Waals surface area contributed by atoms with Gasteiger partial charge in [-0.2, -0.15) is 4.37 Å². The van der Waals surface area contributed by atoms with E-state index < -0.39 is 11.2 Å². The second-order valence-corrected chi connectivity index (χ2v) is 6.90. The average Bonchev–Trinajstić information content (AvgIpc) is 3.07. The Morgan fingerprint density at radius 3 is 2.69 bits per heavy atom. The molecule has 0 spiro atoms. The highest BCUT2D eigenvalue weighted by Gasteiger charge is 2.21. The summed E-state index contributed by atoms with van der Waals surface area (Å²) < 4.78 is 5.24. The van der Waals surface area contributed by atoms with Crippen molar-refractivity contribution in [1.82, 2.24) is 18.8 Å². The van der Waals surface area contributed by atoms with E-state index in [1.807, 2.05) is 37.3 Å². The molecule has 1 amide bonds. The number of aromatic nitrogens is 3. The summed E-state index contributed by atoms with van der Waals surface area (Å²) in [5, 5.41) is 0. The molecule has 2 aromatic heterocycles. The fourth-order valence-electron chi connectivity index (χ4n) is 2.67. The standard InChI is InChI=1S/C18H20N4O3S/c1-3-4-10-21(2)17(24)15-13-14(20-26-15)16(23)22(18(25)19-13)11-12-8-6-5-7-9-12/h5-9H,3-4,10-11H2,1-2H3,(H,19,25). The van der Waals surface area contributed by atoms with Gasteiger partial charge >= 0.3 is 5.69 Å². The predicted molar refractivity (Wildman–Crippen MR) is 102 cm³/mol. The summed E-state index contributed by atoms with van der Waals surface area (Å²) in [6.45, 7) is 2.82. The Bertz CT molecular complexity index is 1040. The number of carbonyl (C=O) groups excluding carboxylic acids is 1. The maximum Gasteiger partial charge on any atom is 0.329 e. The van der Waals surface area contributed by atoms with Crippen molar-refractivity contribution in [3.63, 3.8) is 0 Å². The van der Waals surface area contributed by atoms with E-state index in [0.717, 1.165) is 34.5 Å². The zero-order valence-corrected chi connectivity index (χ0v) is 15.5. The normalized spacial score (nSPS) is 11.0. The van der Waals surface area contributed by atoms with E-state index in [9.17, 15) is 14.4 Å². The Balaban J connectivity index is 2.00. The second kappa shape index (κ2) is 7.65. The molecule has 0 atom stereocenters. The van der Waals surface area contributed by atoms with Crippen LogP contribution < -0.4 is 11.2 Å². The molecule has 0 saturated heterocycles. The lowest BCUT2D eigenvalue weighted by atomic mass is 10.2. The number of fused-ring (bicyclic) bond motifs is 1. The molecular formula is C18H20N4O3S. The molecule has 3 rings (SSSR count). The topological polar surface area (TPSA) is 88.1 Å². The van der Waals surface area contributed by atoms with Crippen molar-refractivity contribution < 1.29 is 4.79 Å². The number of H-pyrrole nitrogens is 1. The van der Waals surface area contributed by atoms with Crippen molar-refractivity contribution in [3.05, 3.63) is 61.6 Å². The molecule has 7 nitrogen and oxygen atoms in total. The van der Waals surface area contributed by atoms with E-state index in [4.69, 9.17) is 0 Å². The number of nitrogens with zero attached hydrogens (tertiary/aromatic N) is 3. The van der Waals surface area contributed by atoms with Gasteiger partial charge in [0.1, 0.15) is 4.88 Å². The number of rotatable bonds is 6. The van der Waals surface area contributed by atoms with Crippen LogP contribution in [0.4, 0.5) is 0 Å². The van der Waals surface area contributed by atoms with Crippen molar-refractivity contribution >= 4 is 28.5 Å². The first-order valence-electron chi connectivity index (χ1n) is 8.44. The van der Waals surface area contributed by atoms with E-state index >= 15 is 0 Å². The maximum absolute atomic E-state index is 12.7. The molecule has 26 heavy (non-hydrogen) atoms. The van der Waals surface area contributed by atoms with Gasteiger partial charge in [-0.3, -0.25) is 14.2 Å². The highest BCUT2D eigenvalue weighted by molar-refractivity contribution is 7.09. The van der Waals surface area contributed by atoms with Crippen LogP contribution in [0.2, 0.25) is 0 Å². The average molecular weight is 372 g/mol. The Hall–Kier alpha value is -2.74. The van der Waals surface area contributed by atoms with E-state index in [1.165, 1.54) is 0 Å². The molecule has 2 heterocycles. The minimum Gasteiger partial charge on any atom is -0.341 e. The van der Waals surface area contributed by atoms with Gasteiger partial charge in [0.2, 0.25) is 0 Å². The summed E-state index contributed by atoms with van der Waals surface area (Å²) in [5.41, 5.74) is 0.154. The monoisotopic (exact) mass is 372 g/mol. The highest BCUT2D eigenvalue weighted by atomic mass is 32.1. The fourth-order valence-corrected chi connectivity index (χ4v) is 3.50. The van der Waals surface area contributed by atoms with Gasteiger partial charge < -0.3 is 9.88 Å². The van der Waals surface area contributed by atoms with Gasteiger partial charge in [0.05, 0.1) is 12.1 Å². The molecule has 8 heteroatoms. The molecule has 0 fully saturated rings. The molecule has 0 unspecified atom stereocenters. The van der Waals surface area contributed by atoms with Crippen molar-refractivity contribution in [2.45, 2.75) is 26.3 Å². The van der Waals surface area contributed by atoms with Crippen LogP contribution in [0, 0.1) is 0 Å². The molecule has 1 N–H and O–H groups in total. The summed E-state index contributed by atoms with van der Waals surface area (Å²) in [6, 6.07) is 9.24. The van der Waals surface area contributed by atoms with Crippen LogP contribution in [0.5, 0.6) is 0 Å². The molecule has 0 aliphatic rings. The lowest BCUT2D eigenvalue weighted by Gasteiger charge is -2.15. The van der Waals surface area contributed by atoms with Crippen LogP contribution in [0.1, 0.15) is 35.0 Å². The maximum atomic E-state index is 12.7. The van der Waals surface area contributed by atoms with Crippen LogP contribution in [0.3, 0.4) is 0 Å². The lowest BCUT2D eigenvalue weighted by Crippen LogP contribution is -2.36. The van der Waals surface area contributed by atoms with E-state index in [-0.39, 0.29) is 23.5 Å². The van der Waals surface area contributed by atoms with Crippen molar-refractivity contribution in [1.29, 1.82) is 0 Å². The third-order valence-electron chi connectivity index (χ3n) is 4.19. The number of unbranched alkanes of at least 4 members (excludes halogenated alkanes) is 1. The lowest BCUT2D eigenvalue weighted by molar-refractivity contribution is 0.0799. The second-order valence-electron chi connectivity index (χ2n) is 6.12. The summed E-state index contributed by atoms with van der Waals surface area (Å²) in [7, 11) is 1.71. The first-order valence-corrected chi connectivity index (χ1v) is 9.22. The smallest absolute Gasteiger partial charge is 0.329 e. The number of aromatic amines is 1. The van der Waals surface area contributed by atoms with E-state index in [1.54, 1.807) is 11.9 Å². The van der Waals surface area contributed by atoms with E-state index in [0.29, 0.717) is 11.4 Å². The zero-order chi connectivity index (χ0) is 18.7. The SMILES string of the molecule is CCCCN(C)C(=O)c1snc2c(=O)n(Cc3ccccc3)c(=O)[nH]c12. The van der Waals surface area contributed by atoms with Crippen LogP contribution >= 0.6 is 11.5 Å². The summed E-state index contributed by atoms with van der Waals surface area (Å²) in [4.78, 5) is 42.3. The summed E-state index contributed by atoms with van der Waals surface area (Å²) in [6.07, 6.45) is 1.86. The first kappa shape index (κ1) is 18.1. The van der Waals surface area contributed by atoms with Gasteiger partial charge in [-0.05, 0) is 23.5 Å². The van der Waals surface area contributed by atoms with Crippen LogP contribution in [0.25, 0.3) is 11.0 Å². The molecule has 0 bridgehead atoms. The van der Waals surface area contributed by atoms with Gasteiger partial charge in [-0.25, -0.2) is 4.79 Å². The summed E-state index contributed by atoms with van der Waals surface area (Å²) in [5.74, 6) is -0.234. The van der Waals surface area contributed by atoms with Crippen molar-refractivity contribution in [3.8, 4) is 0 Å². The van der Waals surface area contributed by atoms with Crippen molar-refractivity contribution in [2.75, 3.05) is 13.6 Å². The molecule has 0 aliphatic heterocycles. The largest absolute Gasteiger partial charge is 0.341 e. The Kier molecular flexibility index (Phi) is 5.32. The molecule has 136 valence electrons. The minimum atomic E-state index is -0.545. The third kappa shape index (κ3) is 3.45. The number of benzene rings is 1. The van der Waals surface area contributed by atoms with Crippen LogP contribution in [-0.2, 0) is 6.54 Å². The molecule has 0 radical (unpaired) electrons. The predicted octanol–water partition coefficient (Wildman–Crippen LogP) is 2.07. The van der Waals surface area contributed by atoms with Gasteiger partial charge in [0.15, 0.2) is 5.52 Å². The van der Waals surface area contributed by atoms with E-state index in [2.05, 4.69) is 9.36 Å². The number of nitrogens with one attached hydrogen (secondary N) is 1. The quantitative estimate of drug-likeness (QED) is 0.717. The van der Waals surface area contributed by atoms with Crippen molar-refractivity contribution in [2.24, 2.45) is 0 Å². The summed E-state index contributed by atoms with van der Waals surface area (Å²) >= 11 is 0.946. The fraction of sp³-hybridized carbons (Fsp3) is 0.333. The van der Waals surface area contributed by atoms with Crippen LogP contribution in [0.15, 0.2) is 39.9 Å². The Morgan fingerprint density at radius 1 is 1.27 bits per heavy atom. The Morgan fingerprint density at radius 2 is 2.00 bits per heavy atom.